The number of carbonyl (C=O) groups excluding carboxylic acids is 1. The van der Waals surface area contributed by atoms with Gasteiger partial charge in [-0.3, -0.25) is 9.59 Å². The SMILES string of the molecule is COc1ccc(Cl)cc1C(=O)N1CCO[C@H](CC(=O)O)C1. The minimum atomic E-state index is -0.949. The predicted molar refractivity (Wildman–Crippen MR) is 75.9 cm³/mol. The van der Waals surface area contributed by atoms with Gasteiger partial charge >= 0.3 is 5.97 Å². The number of morpholine rings is 1. The second-order valence-corrected chi connectivity index (χ2v) is 5.12. The molecule has 1 amide bonds. The van der Waals surface area contributed by atoms with Crippen molar-refractivity contribution in [1.82, 2.24) is 4.90 Å². The molecular formula is C14H16ClNO5. The molecule has 1 heterocycles. The minimum Gasteiger partial charge on any atom is -0.496 e. The fourth-order valence-corrected chi connectivity index (χ4v) is 2.41. The molecule has 0 bridgehead atoms. The first-order valence-electron chi connectivity index (χ1n) is 6.47. The first-order chi connectivity index (χ1) is 10.0. The summed E-state index contributed by atoms with van der Waals surface area (Å²) in [6.07, 6.45) is -0.624. The molecule has 1 fully saturated rings. The van der Waals surface area contributed by atoms with Gasteiger partial charge in [-0.25, -0.2) is 0 Å². The highest BCUT2D eigenvalue weighted by Gasteiger charge is 2.28. The number of methoxy groups -OCH3 is 1. The summed E-state index contributed by atoms with van der Waals surface area (Å²) >= 11 is 5.93. The number of halogens is 1. The average molecular weight is 314 g/mol. The maximum atomic E-state index is 12.5. The van der Waals surface area contributed by atoms with Crippen LogP contribution in [-0.4, -0.2) is 54.8 Å². The van der Waals surface area contributed by atoms with Crippen molar-refractivity contribution in [2.45, 2.75) is 12.5 Å². The zero-order valence-corrected chi connectivity index (χ0v) is 12.3. The van der Waals surface area contributed by atoms with Gasteiger partial charge in [0, 0.05) is 18.1 Å². The summed E-state index contributed by atoms with van der Waals surface area (Å²) < 4.78 is 10.5. The second kappa shape index (κ2) is 6.78. The number of amides is 1. The van der Waals surface area contributed by atoms with Gasteiger partial charge < -0.3 is 19.5 Å². The van der Waals surface area contributed by atoms with E-state index >= 15 is 0 Å². The highest BCUT2D eigenvalue weighted by Crippen LogP contribution is 2.25. The van der Waals surface area contributed by atoms with Gasteiger partial charge in [-0.2, -0.15) is 0 Å². The van der Waals surface area contributed by atoms with Gasteiger partial charge in [0.1, 0.15) is 5.75 Å². The van der Waals surface area contributed by atoms with Gasteiger partial charge in [0.2, 0.25) is 0 Å². The van der Waals surface area contributed by atoms with E-state index in [0.717, 1.165) is 0 Å². The summed E-state index contributed by atoms with van der Waals surface area (Å²) in [6, 6.07) is 4.82. The van der Waals surface area contributed by atoms with Crippen molar-refractivity contribution < 1.29 is 24.2 Å². The van der Waals surface area contributed by atoms with Crippen LogP contribution in [0.25, 0.3) is 0 Å². The summed E-state index contributed by atoms with van der Waals surface area (Å²) in [5.41, 5.74) is 0.362. The number of ether oxygens (including phenoxy) is 2. The van der Waals surface area contributed by atoms with Crippen molar-refractivity contribution in [3.8, 4) is 5.75 Å². The Hall–Kier alpha value is -1.79. The molecule has 6 nitrogen and oxygen atoms in total. The van der Waals surface area contributed by atoms with Crippen LogP contribution in [0, 0.1) is 0 Å². The number of carbonyl (C=O) groups is 2. The maximum absolute atomic E-state index is 12.5. The summed E-state index contributed by atoms with van der Waals surface area (Å²) in [4.78, 5) is 24.8. The van der Waals surface area contributed by atoms with E-state index in [-0.39, 0.29) is 18.9 Å². The number of rotatable bonds is 4. The van der Waals surface area contributed by atoms with Crippen molar-refractivity contribution in [3.05, 3.63) is 28.8 Å². The lowest BCUT2D eigenvalue weighted by Crippen LogP contribution is -2.46. The third kappa shape index (κ3) is 3.86. The Bertz CT molecular complexity index is 548. The molecule has 0 aromatic heterocycles. The molecule has 1 atom stereocenters. The van der Waals surface area contributed by atoms with Gasteiger partial charge in [-0.15, -0.1) is 0 Å². The van der Waals surface area contributed by atoms with Crippen molar-refractivity contribution in [2.75, 3.05) is 26.8 Å². The lowest BCUT2D eigenvalue weighted by molar-refractivity contribution is -0.141. The van der Waals surface area contributed by atoms with Crippen molar-refractivity contribution in [1.29, 1.82) is 0 Å². The van der Waals surface area contributed by atoms with E-state index in [9.17, 15) is 9.59 Å². The van der Waals surface area contributed by atoms with Crippen LogP contribution >= 0.6 is 11.6 Å². The first-order valence-corrected chi connectivity index (χ1v) is 6.85. The molecule has 7 heteroatoms. The Morgan fingerprint density at radius 2 is 2.29 bits per heavy atom. The molecule has 1 aromatic carbocycles. The largest absolute Gasteiger partial charge is 0.496 e. The van der Waals surface area contributed by atoms with E-state index in [2.05, 4.69) is 0 Å². The quantitative estimate of drug-likeness (QED) is 0.915. The third-order valence-electron chi connectivity index (χ3n) is 3.22. The molecule has 0 unspecified atom stereocenters. The number of hydrogen-bond acceptors (Lipinski definition) is 4. The van der Waals surface area contributed by atoms with Crippen LogP contribution in [0.1, 0.15) is 16.8 Å². The monoisotopic (exact) mass is 313 g/mol. The Morgan fingerprint density at radius 1 is 1.52 bits per heavy atom. The van der Waals surface area contributed by atoms with Crippen LogP contribution in [0.5, 0.6) is 5.75 Å². The molecule has 0 radical (unpaired) electrons. The molecule has 1 aromatic rings. The van der Waals surface area contributed by atoms with Crippen LogP contribution in [0.4, 0.5) is 0 Å². The summed E-state index contributed by atoms with van der Waals surface area (Å²) in [7, 11) is 1.48. The normalized spacial score (nSPS) is 18.4. The first kappa shape index (κ1) is 15.6. The lowest BCUT2D eigenvalue weighted by Gasteiger charge is -2.32. The number of carboxylic acids is 1. The predicted octanol–water partition coefficient (Wildman–Crippen LogP) is 1.66. The molecule has 1 N–H and O–H groups in total. The molecular weight excluding hydrogens is 298 g/mol. The Balaban J connectivity index is 2.15. The molecule has 0 saturated carbocycles. The number of hydrogen-bond donors (Lipinski definition) is 1. The molecule has 2 rings (SSSR count). The smallest absolute Gasteiger partial charge is 0.306 e. The van der Waals surface area contributed by atoms with Gasteiger partial charge in [-0.1, -0.05) is 11.6 Å². The lowest BCUT2D eigenvalue weighted by atomic mass is 10.1. The standard InChI is InChI=1S/C14H16ClNO5/c1-20-12-3-2-9(15)6-11(12)14(19)16-4-5-21-10(8-16)7-13(17)18/h2-3,6,10H,4-5,7-8H2,1H3,(H,17,18)/t10-/m1/s1. The summed E-state index contributed by atoms with van der Waals surface area (Å²) in [6.45, 7) is 0.956. The van der Waals surface area contributed by atoms with E-state index < -0.39 is 12.1 Å². The van der Waals surface area contributed by atoms with Crippen LogP contribution in [0.3, 0.4) is 0 Å². The summed E-state index contributed by atoms with van der Waals surface area (Å²) in [5.74, 6) is -0.756. The van der Waals surface area contributed by atoms with Gasteiger partial charge in [0.05, 0.1) is 31.8 Å². The van der Waals surface area contributed by atoms with Crippen molar-refractivity contribution >= 4 is 23.5 Å². The zero-order chi connectivity index (χ0) is 15.4. The van der Waals surface area contributed by atoms with E-state index in [1.165, 1.54) is 7.11 Å². The van der Waals surface area contributed by atoms with Crippen molar-refractivity contribution in [3.63, 3.8) is 0 Å². The van der Waals surface area contributed by atoms with Gasteiger partial charge in [0.15, 0.2) is 0 Å². The zero-order valence-electron chi connectivity index (χ0n) is 11.5. The minimum absolute atomic E-state index is 0.129. The molecule has 21 heavy (non-hydrogen) atoms. The fraction of sp³-hybridized carbons (Fsp3) is 0.429. The van der Waals surface area contributed by atoms with Crippen LogP contribution in [-0.2, 0) is 9.53 Å². The van der Waals surface area contributed by atoms with E-state index in [4.69, 9.17) is 26.2 Å². The van der Waals surface area contributed by atoms with E-state index in [1.54, 1.807) is 23.1 Å². The van der Waals surface area contributed by atoms with E-state index in [1.807, 2.05) is 0 Å². The highest BCUT2D eigenvalue weighted by molar-refractivity contribution is 6.31. The molecule has 0 aliphatic carbocycles. The Kier molecular flexibility index (Phi) is 5.03. The molecule has 0 spiro atoms. The molecule has 1 saturated heterocycles. The number of aliphatic carboxylic acids is 1. The highest BCUT2D eigenvalue weighted by atomic mass is 35.5. The maximum Gasteiger partial charge on any atom is 0.306 e. The summed E-state index contributed by atoms with van der Waals surface area (Å²) in [5, 5.41) is 9.24. The topological polar surface area (TPSA) is 76.1 Å². The molecule has 114 valence electrons. The molecule has 1 aliphatic rings. The third-order valence-corrected chi connectivity index (χ3v) is 3.46. The van der Waals surface area contributed by atoms with Crippen LogP contribution in [0.2, 0.25) is 5.02 Å². The average Bonchev–Trinajstić information content (AvgIpc) is 2.46. The Morgan fingerprint density at radius 3 is 2.95 bits per heavy atom. The Labute approximate surface area is 127 Å². The number of benzene rings is 1. The van der Waals surface area contributed by atoms with Gasteiger partial charge in [0.25, 0.3) is 5.91 Å². The number of carboxylic acid groups (broad SMARTS) is 1. The van der Waals surface area contributed by atoms with Crippen LogP contribution in [0.15, 0.2) is 18.2 Å². The van der Waals surface area contributed by atoms with E-state index in [0.29, 0.717) is 29.5 Å². The van der Waals surface area contributed by atoms with Gasteiger partial charge in [-0.05, 0) is 18.2 Å². The van der Waals surface area contributed by atoms with Crippen LogP contribution < -0.4 is 4.74 Å². The number of nitrogens with zero attached hydrogens (tertiary/aromatic N) is 1. The second-order valence-electron chi connectivity index (χ2n) is 4.69. The molecule has 1 aliphatic heterocycles. The fourth-order valence-electron chi connectivity index (χ4n) is 2.24. The van der Waals surface area contributed by atoms with Crippen molar-refractivity contribution in [2.24, 2.45) is 0 Å².